The van der Waals surface area contributed by atoms with Gasteiger partial charge in [0.15, 0.2) is 0 Å². The zero-order valence-electron chi connectivity index (χ0n) is 20.8. The van der Waals surface area contributed by atoms with E-state index in [1.54, 1.807) is 23.9 Å². The van der Waals surface area contributed by atoms with Crippen LogP contribution in [-0.2, 0) is 9.53 Å². The van der Waals surface area contributed by atoms with Crippen molar-refractivity contribution in [3.05, 3.63) is 53.1 Å². The minimum Gasteiger partial charge on any atom is -0.395 e. The van der Waals surface area contributed by atoms with E-state index in [1.807, 2.05) is 0 Å². The van der Waals surface area contributed by atoms with E-state index in [0.29, 0.717) is 31.0 Å². The average Bonchev–Trinajstić information content (AvgIpc) is 2.88. The van der Waals surface area contributed by atoms with Crippen molar-refractivity contribution in [2.45, 2.75) is 54.4 Å². The van der Waals surface area contributed by atoms with Gasteiger partial charge in [-0.1, -0.05) is 11.6 Å². The number of halogens is 5. The maximum atomic E-state index is 13.4. The quantitative estimate of drug-likeness (QED) is 0.106. The van der Waals surface area contributed by atoms with Crippen LogP contribution in [0, 0.1) is 17.6 Å². The van der Waals surface area contributed by atoms with Crippen LogP contribution in [0.15, 0.2) is 46.2 Å². The Kier molecular flexibility index (Phi) is 12.8. The van der Waals surface area contributed by atoms with E-state index in [0.717, 1.165) is 54.8 Å². The van der Waals surface area contributed by atoms with Crippen molar-refractivity contribution in [3.63, 3.8) is 0 Å². The summed E-state index contributed by atoms with van der Waals surface area (Å²) in [6, 6.07) is 9.23. The molecule has 0 radical (unpaired) electrons. The van der Waals surface area contributed by atoms with Gasteiger partial charge in [0.25, 0.3) is 5.91 Å². The van der Waals surface area contributed by atoms with Crippen LogP contribution in [0.3, 0.4) is 0 Å². The van der Waals surface area contributed by atoms with E-state index in [-0.39, 0.29) is 22.4 Å². The third-order valence-electron chi connectivity index (χ3n) is 6.09. The van der Waals surface area contributed by atoms with Gasteiger partial charge in [-0.05, 0) is 92.7 Å². The van der Waals surface area contributed by atoms with Crippen LogP contribution in [0.4, 0.5) is 23.2 Å². The number of nitrogen functional groups attached to an aromatic ring is 1. The highest BCUT2D eigenvalue weighted by molar-refractivity contribution is 7.99. The number of carbonyl (C=O) groups is 1. The molecule has 2 aliphatic heterocycles. The molecule has 12 heteroatoms. The first-order valence-electron chi connectivity index (χ1n) is 12.4. The number of ether oxygens (including phenoxy) is 1. The number of thioether (sulfide) groups is 1. The molecule has 38 heavy (non-hydrogen) atoms. The number of unbranched alkanes of at least 4 members (excludes halogenated alkanes) is 1. The molecule has 2 heterocycles. The van der Waals surface area contributed by atoms with Gasteiger partial charge in [0.05, 0.1) is 10.7 Å². The number of nitrogens with two attached hydrogens (primary N) is 1. The van der Waals surface area contributed by atoms with Crippen molar-refractivity contribution in [1.29, 1.82) is 0 Å². The summed E-state index contributed by atoms with van der Waals surface area (Å²) in [4.78, 5) is 15.4. The van der Waals surface area contributed by atoms with E-state index in [4.69, 9.17) is 22.1 Å². The molecule has 210 valence electrons. The fourth-order valence-corrected chi connectivity index (χ4v) is 5.73. The van der Waals surface area contributed by atoms with Crippen LogP contribution >= 0.6 is 35.3 Å². The molecule has 4 rings (SSSR count). The van der Waals surface area contributed by atoms with Crippen molar-refractivity contribution in [2.75, 3.05) is 37.7 Å². The number of rotatable bonds is 10. The molecule has 1 amide bonds. The second-order valence-corrected chi connectivity index (χ2v) is 11.5. The Morgan fingerprint density at radius 1 is 1.13 bits per heavy atom. The highest BCUT2D eigenvalue weighted by Gasteiger charge is 2.33. The molecular formula is C26H32ClF4N3O2S2. The lowest BCUT2D eigenvalue weighted by Gasteiger charge is -2.38. The summed E-state index contributed by atoms with van der Waals surface area (Å²) in [6.07, 6.45) is 2.17. The van der Waals surface area contributed by atoms with E-state index in [9.17, 15) is 22.4 Å². The molecule has 1 atom stereocenters. The van der Waals surface area contributed by atoms with Gasteiger partial charge >= 0.3 is 0 Å². The molecule has 1 unspecified atom stereocenters. The topological polar surface area (TPSA) is 67.6 Å². The summed E-state index contributed by atoms with van der Waals surface area (Å²) in [5, 5.41) is 0.130. The first-order valence-corrected chi connectivity index (χ1v) is 14.6. The highest BCUT2D eigenvalue weighted by Crippen LogP contribution is 2.28. The van der Waals surface area contributed by atoms with Crippen molar-refractivity contribution in [1.82, 2.24) is 9.62 Å². The lowest BCUT2D eigenvalue weighted by Crippen LogP contribution is -2.50. The number of likely N-dealkylation sites (tertiary alicyclic amines) is 1. The first kappa shape index (κ1) is 30.9. The van der Waals surface area contributed by atoms with Crippen molar-refractivity contribution >= 4 is 46.9 Å². The van der Waals surface area contributed by atoms with Crippen LogP contribution < -0.4 is 10.5 Å². The lowest BCUT2D eigenvalue weighted by atomic mass is 10.0. The molecule has 0 aromatic heterocycles. The van der Waals surface area contributed by atoms with Gasteiger partial charge in [-0.15, -0.1) is 11.8 Å². The SMILES string of the molecule is Fc1ccc(SCCCCN2CC(C(F)F)C2)cc1.Nc1c(F)cc(SNC(=O)C2CCCCO2)cc1Cl. The molecule has 2 saturated heterocycles. The molecule has 2 aromatic carbocycles. The zero-order valence-corrected chi connectivity index (χ0v) is 23.2. The summed E-state index contributed by atoms with van der Waals surface area (Å²) >= 11 is 8.47. The van der Waals surface area contributed by atoms with E-state index >= 15 is 0 Å². The van der Waals surface area contributed by atoms with Crippen LogP contribution in [0.2, 0.25) is 5.02 Å². The number of hydrogen-bond acceptors (Lipinski definition) is 6. The van der Waals surface area contributed by atoms with Gasteiger partial charge < -0.3 is 15.4 Å². The Balaban J connectivity index is 0.000000211. The zero-order chi connectivity index (χ0) is 27.5. The summed E-state index contributed by atoms with van der Waals surface area (Å²) in [5.74, 6) is -0.446. The highest BCUT2D eigenvalue weighted by atomic mass is 35.5. The first-order chi connectivity index (χ1) is 18.2. The molecule has 2 aliphatic rings. The lowest BCUT2D eigenvalue weighted by molar-refractivity contribution is -0.133. The monoisotopic (exact) mass is 593 g/mol. The van der Waals surface area contributed by atoms with Gasteiger partial charge in [-0.2, -0.15) is 0 Å². The number of amides is 1. The Hall–Kier alpha value is -1.66. The van der Waals surface area contributed by atoms with Crippen molar-refractivity contribution in [2.24, 2.45) is 5.92 Å². The molecule has 0 spiro atoms. The van der Waals surface area contributed by atoms with E-state index in [2.05, 4.69) is 9.62 Å². The third kappa shape index (κ3) is 10.1. The predicted molar refractivity (Wildman–Crippen MR) is 146 cm³/mol. The number of anilines is 1. The standard InChI is InChI=1S/C14H18F3NS.C12H14ClFN2O2S/c15-12-3-5-13(6-4-12)19-8-2-1-7-18-9-11(10-18)14(16)17;13-8-5-7(6-9(14)11(8)15)19-16-12(17)10-3-1-2-4-18-10/h3-6,11,14H,1-2,7-10H2;5-6,10H,1-4,15H2,(H,16,17). The number of hydrogen-bond donors (Lipinski definition) is 2. The molecule has 2 aromatic rings. The van der Waals surface area contributed by atoms with Crippen LogP contribution in [0.5, 0.6) is 0 Å². The number of alkyl halides is 2. The number of nitrogens with one attached hydrogen (secondary N) is 1. The van der Waals surface area contributed by atoms with Crippen LogP contribution in [0.25, 0.3) is 0 Å². The van der Waals surface area contributed by atoms with Gasteiger partial charge in [0.1, 0.15) is 17.7 Å². The maximum Gasteiger partial charge on any atom is 0.259 e. The van der Waals surface area contributed by atoms with Gasteiger partial charge in [-0.25, -0.2) is 17.6 Å². The van der Waals surface area contributed by atoms with Gasteiger partial charge in [0, 0.05) is 35.4 Å². The van der Waals surface area contributed by atoms with Crippen LogP contribution in [0.1, 0.15) is 32.1 Å². The third-order valence-corrected chi connectivity index (χ3v) is 8.27. The fourth-order valence-electron chi connectivity index (χ4n) is 3.85. The molecule has 2 fully saturated rings. The minimum atomic E-state index is -2.16. The molecule has 0 bridgehead atoms. The Labute approximate surface area is 234 Å². The molecule has 3 N–H and O–H groups in total. The summed E-state index contributed by atoms with van der Waals surface area (Å²) in [7, 11) is 0. The number of nitrogens with zero attached hydrogens (tertiary/aromatic N) is 1. The molecular weight excluding hydrogens is 562 g/mol. The minimum absolute atomic E-state index is 0.0899. The summed E-state index contributed by atoms with van der Waals surface area (Å²) in [5.41, 5.74) is 5.31. The smallest absolute Gasteiger partial charge is 0.259 e. The van der Waals surface area contributed by atoms with Gasteiger partial charge in [0.2, 0.25) is 6.43 Å². The number of carbonyl (C=O) groups excluding carboxylic acids is 1. The maximum absolute atomic E-state index is 13.4. The molecule has 0 aliphatic carbocycles. The average molecular weight is 594 g/mol. The summed E-state index contributed by atoms with van der Waals surface area (Å²) < 4.78 is 58.5. The summed E-state index contributed by atoms with van der Waals surface area (Å²) in [6.45, 7) is 2.60. The Morgan fingerprint density at radius 3 is 2.50 bits per heavy atom. The van der Waals surface area contributed by atoms with E-state index < -0.39 is 24.3 Å². The molecule has 5 nitrogen and oxygen atoms in total. The van der Waals surface area contributed by atoms with Crippen molar-refractivity contribution in [3.8, 4) is 0 Å². The second kappa shape index (κ2) is 15.8. The number of benzene rings is 2. The van der Waals surface area contributed by atoms with Gasteiger partial charge in [-0.3, -0.25) is 9.52 Å². The van der Waals surface area contributed by atoms with Crippen LogP contribution in [-0.4, -0.2) is 55.3 Å². The van der Waals surface area contributed by atoms with E-state index in [1.165, 1.54) is 24.3 Å². The normalized spacial score (nSPS) is 18.0. The largest absolute Gasteiger partial charge is 0.395 e. The predicted octanol–water partition coefficient (Wildman–Crippen LogP) is 6.65. The fraction of sp³-hybridized carbons (Fsp3) is 0.500. The molecule has 0 saturated carbocycles. The van der Waals surface area contributed by atoms with Crippen molar-refractivity contribution < 1.29 is 27.1 Å². The second-order valence-electron chi connectivity index (χ2n) is 9.09. The Bertz CT molecular complexity index is 1000. The Morgan fingerprint density at radius 2 is 1.87 bits per heavy atom.